The number of carbonyl (C=O) groups excluding carboxylic acids is 2. The number of rotatable bonds is 11. The van der Waals surface area contributed by atoms with E-state index in [1.54, 1.807) is 24.3 Å². The molecule has 0 aromatic heterocycles. The maximum absolute atomic E-state index is 13.6. The van der Waals surface area contributed by atoms with E-state index in [1.165, 1.54) is 24.4 Å². The van der Waals surface area contributed by atoms with Crippen LogP contribution in [-0.2, 0) is 11.4 Å². The van der Waals surface area contributed by atoms with Gasteiger partial charge in [0.15, 0.2) is 11.5 Å². The lowest BCUT2D eigenvalue weighted by Gasteiger charge is -2.15. The molecule has 0 radical (unpaired) electrons. The Hall–Kier alpha value is -3.43. The summed E-state index contributed by atoms with van der Waals surface area (Å²) in [4.78, 5) is 24.0. The van der Waals surface area contributed by atoms with Gasteiger partial charge in [0.2, 0.25) is 5.91 Å². The predicted octanol–water partition coefficient (Wildman–Crippen LogP) is 5.49. The van der Waals surface area contributed by atoms with Crippen molar-refractivity contribution in [3.63, 3.8) is 0 Å². The highest BCUT2D eigenvalue weighted by molar-refractivity contribution is 9.10. The highest BCUT2D eigenvalue weighted by Crippen LogP contribution is 2.37. The van der Waals surface area contributed by atoms with E-state index in [0.29, 0.717) is 33.2 Å². The summed E-state index contributed by atoms with van der Waals surface area (Å²) in [5, 5.41) is 7.07. The third-order valence-corrected chi connectivity index (χ3v) is 5.78. The second-order valence-corrected chi connectivity index (χ2v) is 8.68. The Kier molecular flexibility index (Phi) is 10.3. The van der Waals surface area contributed by atoms with E-state index in [0.717, 1.165) is 5.56 Å². The minimum atomic E-state index is -0.623. The van der Waals surface area contributed by atoms with Gasteiger partial charge in [-0.15, -0.1) is 0 Å². The SMILES string of the molecule is CCOc1cc(C=NNC(=O)CCNC(=O)c2ccccc2F)cc(Br)c1OCc1ccccc1Cl. The Balaban J connectivity index is 1.55. The van der Waals surface area contributed by atoms with Gasteiger partial charge in [-0.1, -0.05) is 41.9 Å². The van der Waals surface area contributed by atoms with Crippen LogP contribution in [0.4, 0.5) is 4.39 Å². The molecule has 0 aliphatic carbocycles. The standard InChI is InChI=1S/C26H24BrClFN3O4/c1-2-35-23-14-17(13-20(27)25(23)36-16-18-7-3-5-9-21(18)28)15-31-32-24(33)11-12-30-26(34)19-8-4-6-10-22(19)29/h3-10,13-15H,2,11-12,16H2,1H3,(H,30,34)(H,32,33). The van der Waals surface area contributed by atoms with Gasteiger partial charge in [0.1, 0.15) is 12.4 Å². The van der Waals surface area contributed by atoms with Crippen LogP contribution in [0.15, 0.2) is 70.2 Å². The molecular formula is C26H24BrClFN3O4. The van der Waals surface area contributed by atoms with Crippen molar-refractivity contribution in [2.75, 3.05) is 13.2 Å². The second kappa shape index (κ2) is 13.6. The molecule has 0 spiro atoms. The summed E-state index contributed by atoms with van der Waals surface area (Å²) < 4.78 is 26.0. The highest BCUT2D eigenvalue weighted by atomic mass is 79.9. The first kappa shape index (κ1) is 27.2. The van der Waals surface area contributed by atoms with Gasteiger partial charge in [0.25, 0.3) is 5.91 Å². The molecule has 188 valence electrons. The zero-order chi connectivity index (χ0) is 25.9. The number of halogens is 3. The van der Waals surface area contributed by atoms with Crippen LogP contribution in [0.2, 0.25) is 5.02 Å². The summed E-state index contributed by atoms with van der Waals surface area (Å²) in [6, 6.07) is 16.5. The van der Waals surface area contributed by atoms with Crippen molar-refractivity contribution in [3.8, 4) is 11.5 Å². The lowest BCUT2D eigenvalue weighted by atomic mass is 10.2. The van der Waals surface area contributed by atoms with Gasteiger partial charge in [0.05, 0.1) is 22.9 Å². The quantitative estimate of drug-likeness (QED) is 0.233. The lowest BCUT2D eigenvalue weighted by molar-refractivity contribution is -0.120. The van der Waals surface area contributed by atoms with Crippen molar-refractivity contribution >= 4 is 45.6 Å². The largest absolute Gasteiger partial charge is 0.490 e. The fourth-order valence-electron chi connectivity index (χ4n) is 3.10. The van der Waals surface area contributed by atoms with E-state index < -0.39 is 17.6 Å². The first-order chi connectivity index (χ1) is 17.4. The molecule has 2 amide bonds. The monoisotopic (exact) mass is 575 g/mol. The summed E-state index contributed by atoms with van der Waals surface area (Å²) in [7, 11) is 0. The molecule has 0 heterocycles. The molecule has 3 aromatic carbocycles. The zero-order valence-corrected chi connectivity index (χ0v) is 21.7. The number of benzene rings is 3. The van der Waals surface area contributed by atoms with Crippen LogP contribution in [0.1, 0.15) is 34.8 Å². The summed E-state index contributed by atoms with van der Waals surface area (Å²) in [6.07, 6.45) is 1.43. The van der Waals surface area contributed by atoms with E-state index in [9.17, 15) is 14.0 Å². The summed E-state index contributed by atoms with van der Waals surface area (Å²) in [6.45, 7) is 2.57. The molecule has 3 rings (SSSR count). The van der Waals surface area contributed by atoms with Crippen molar-refractivity contribution in [1.82, 2.24) is 10.7 Å². The number of ether oxygens (including phenoxy) is 2. The maximum Gasteiger partial charge on any atom is 0.254 e. The molecule has 0 unspecified atom stereocenters. The molecular weight excluding hydrogens is 553 g/mol. The van der Waals surface area contributed by atoms with Crippen molar-refractivity contribution in [1.29, 1.82) is 0 Å². The molecule has 7 nitrogen and oxygen atoms in total. The van der Waals surface area contributed by atoms with Crippen molar-refractivity contribution in [2.45, 2.75) is 20.0 Å². The minimum absolute atomic E-state index is 0.0275. The van der Waals surface area contributed by atoms with Crippen LogP contribution in [0.25, 0.3) is 0 Å². The molecule has 0 bridgehead atoms. The van der Waals surface area contributed by atoms with Gasteiger partial charge in [-0.25, -0.2) is 9.82 Å². The van der Waals surface area contributed by atoms with E-state index in [1.807, 2.05) is 25.1 Å². The molecule has 0 fully saturated rings. The number of carbonyl (C=O) groups is 2. The first-order valence-electron chi connectivity index (χ1n) is 11.1. The summed E-state index contributed by atoms with van der Waals surface area (Å²) in [5.41, 5.74) is 3.82. The Morgan fingerprint density at radius 2 is 1.86 bits per heavy atom. The van der Waals surface area contributed by atoms with E-state index >= 15 is 0 Å². The summed E-state index contributed by atoms with van der Waals surface area (Å²) >= 11 is 9.71. The van der Waals surface area contributed by atoms with Crippen LogP contribution < -0.4 is 20.2 Å². The molecule has 0 aliphatic heterocycles. The third-order valence-electron chi connectivity index (χ3n) is 4.82. The van der Waals surface area contributed by atoms with Crippen LogP contribution in [0.3, 0.4) is 0 Å². The van der Waals surface area contributed by atoms with Gasteiger partial charge in [-0.3, -0.25) is 9.59 Å². The van der Waals surface area contributed by atoms with Crippen LogP contribution in [0.5, 0.6) is 11.5 Å². The fourth-order valence-corrected chi connectivity index (χ4v) is 3.86. The number of hydrogen-bond acceptors (Lipinski definition) is 5. The zero-order valence-electron chi connectivity index (χ0n) is 19.4. The smallest absolute Gasteiger partial charge is 0.254 e. The topological polar surface area (TPSA) is 89.0 Å². The van der Waals surface area contributed by atoms with Gasteiger partial charge in [0, 0.05) is 23.6 Å². The predicted molar refractivity (Wildman–Crippen MR) is 140 cm³/mol. The second-order valence-electron chi connectivity index (χ2n) is 7.42. The minimum Gasteiger partial charge on any atom is -0.490 e. The van der Waals surface area contributed by atoms with Crippen LogP contribution >= 0.6 is 27.5 Å². The number of nitrogens with zero attached hydrogens (tertiary/aromatic N) is 1. The Bertz CT molecular complexity index is 1260. The normalized spacial score (nSPS) is 10.8. The van der Waals surface area contributed by atoms with E-state index in [-0.39, 0.29) is 25.1 Å². The molecule has 10 heteroatoms. The first-order valence-corrected chi connectivity index (χ1v) is 12.2. The molecule has 2 N–H and O–H groups in total. The molecule has 3 aromatic rings. The van der Waals surface area contributed by atoms with E-state index in [4.69, 9.17) is 21.1 Å². The van der Waals surface area contributed by atoms with Gasteiger partial charge >= 0.3 is 0 Å². The molecule has 0 atom stereocenters. The Morgan fingerprint density at radius 1 is 1.11 bits per heavy atom. The molecule has 0 aliphatic rings. The number of hydrazone groups is 1. The lowest BCUT2D eigenvalue weighted by Crippen LogP contribution is -2.29. The van der Waals surface area contributed by atoms with Crippen molar-refractivity contribution in [2.24, 2.45) is 5.10 Å². The molecule has 0 saturated carbocycles. The average Bonchev–Trinajstić information content (AvgIpc) is 2.85. The van der Waals surface area contributed by atoms with Gasteiger partial charge < -0.3 is 14.8 Å². The van der Waals surface area contributed by atoms with Gasteiger partial charge in [-0.05, 0) is 58.7 Å². The van der Waals surface area contributed by atoms with Crippen LogP contribution in [-0.4, -0.2) is 31.2 Å². The summed E-state index contributed by atoms with van der Waals surface area (Å²) in [5.74, 6) is -0.605. The Morgan fingerprint density at radius 3 is 2.61 bits per heavy atom. The third kappa shape index (κ3) is 7.79. The average molecular weight is 577 g/mol. The van der Waals surface area contributed by atoms with E-state index in [2.05, 4.69) is 31.8 Å². The molecule has 36 heavy (non-hydrogen) atoms. The number of hydrogen-bond donors (Lipinski definition) is 2. The number of amides is 2. The number of nitrogens with one attached hydrogen (secondary N) is 2. The van der Waals surface area contributed by atoms with Gasteiger partial charge in [-0.2, -0.15) is 5.10 Å². The fraction of sp³-hybridized carbons (Fsp3) is 0.192. The Labute approximate surface area is 221 Å². The van der Waals surface area contributed by atoms with Crippen molar-refractivity contribution < 1.29 is 23.5 Å². The van der Waals surface area contributed by atoms with Crippen molar-refractivity contribution in [3.05, 3.63) is 92.7 Å². The maximum atomic E-state index is 13.6. The molecule has 0 saturated heterocycles. The van der Waals surface area contributed by atoms with Crippen LogP contribution in [0, 0.1) is 5.82 Å². The highest BCUT2D eigenvalue weighted by Gasteiger charge is 2.14.